The lowest BCUT2D eigenvalue weighted by atomic mass is 10.1. The van der Waals surface area contributed by atoms with Crippen LogP contribution in [-0.2, 0) is 11.0 Å². The van der Waals surface area contributed by atoms with E-state index in [1.807, 2.05) is 19.1 Å². The summed E-state index contributed by atoms with van der Waals surface area (Å²) in [5.74, 6) is 0.0328. The molecule has 2 aromatic carbocycles. The van der Waals surface area contributed by atoms with Gasteiger partial charge in [0, 0.05) is 0 Å². The largest absolute Gasteiger partial charge is 0.493 e. The Morgan fingerprint density at radius 2 is 1.88 bits per heavy atom. The molecule has 0 aliphatic heterocycles. The molecule has 0 atom stereocenters. The predicted molar refractivity (Wildman–Crippen MR) is 93.3 cm³/mol. The smallest absolute Gasteiger partial charge is 0.418 e. The van der Waals surface area contributed by atoms with Crippen LogP contribution in [-0.4, -0.2) is 19.6 Å². The number of rotatable bonds is 6. The molecule has 7 heteroatoms. The fourth-order valence-electron chi connectivity index (χ4n) is 2.27. The molecule has 0 radical (unpaired) electrons. The topological polar surface area (TPSA) is 47.6 Å². The van der Waals surface area contributed by atoms with Crippen molar-refractivity contribution in [1.29, 1.82) is 0 Å². The maximum absolute atomic E-state index is 12.9. The van der Waals surface area contributed by atoms with E-state index in [2.05, 4.69) is 5.32 Å². The quantitative estimate of drug-likeness (QED) is 0.803. The molecule has 0 saturated carbocycles. The first-order chi connectivity index (χ1) is 12.3. The third kappa shape index (κ3) is 5.02. The number of hydrogen-bond acceptors (Lipinski definition) is 3. The number of benzene rings is 2. The average Bonchev–Trinajstić information content (AvgIpc) is 2.60. The molecule has 2 rings (SSSR count). The maximum atomic E-state index is 12.9. The zero-order chi connectivity index (χ0) is 19.2. The van der Waals surface area contributed by atoms with E-state index in [1.165, 1.54) is 25.3 Å². The van der Waals surface area contributed by atoms with Crippen LogP contribution in [0.1, 0.15) is 18.1 Å². The summed E-state index contributed by atoms with van der Waals surface area (Å²) in [5.41, 5.74) is -0.342. The van der Waals surface area contributed by atoms with Crippen molar-refractivity contribution in [2.75, 3.05) is 19.0 Å². The first kappa shape index (κ1) is 19.4. The summed E-state index contributed by atoms with van der Waals surface area (Å²) >= 11 is 0. The molecule has 0 fully saturated rings. The molecule has 138 valence electrons. The number of para-hydroxylation sites is 1. The standard InChI is InChI=1S/C19H18F3NO3/c1-3-6-13-9-10-16(17(11-13)25-2)26-12-18(24)23-15-8-5-4-7-14(15)19(20,21)22/h3-11H,12H2,1-2H3,(H,23,24)/b6-3+. The highest BCUT2D eigenvalue weighted by Gasteiger charge is 2.33. The molecule has 0 saturated heterocycles. The highest BCUT2D eigenvalue weighted by atomic mass is 19.4. The van der Waals surface area contributed by atoms with Crippen molar-refractivity contribution < 1.29 is 27.4 Å². The fourth-order valence-corrected chi connectivity index (χ4v) is 2.27. The number of nitrogens with one attached hydrogen (secondary N) is 1. The molecule has 0 bridgehead atoms. The van der Waals surface area contributed by atoms with Gasteiger partial charge in [0.2, 0.25) is 0 Å². The number of anilines is 1. The third-order valence-corrected chi connectivity index (χ3v) is 3.41. The van der Waals surface area contributed by atoms with Crippen LogP contribution in [0.15, 0.2) is 48.5 Å². The molecule has 4 nitrogen and oxygen atoms in total. The number of alkyl halides is 3. The lowest BCUT2D eigenvalue weighted by Gasteiger charge is -2.14. The number of ether oxygens (including phenoxy) is 2. The average molecular weight is 365 g/mol. The summed E-state index contributed by atoms with van der Waals surface area (Å²) < 4.78 is 49.4. The molecule has 0 heterocycles. The van der Waals surface area contributed by atoms with Gasteiger partial charge >= 0.3 is 6.18 Å². The van der Waals surface area contributed by atoms with Gasteiger partial charge in [-0.2, -0.15) is 13.2 Å². The Bertz CT molecular complexity index is 801. The Morgan fingerprint density at radius 3 is 2.54 bits per heavy atom. The van der Waals surface area contributed by atoms with Crippen LogP contribution in [0.2, 0.25) is 0 Å². The van der Waals surface area contributed by atoms with Gasteiger partial charge in [0.1, 0.15) is 0 Å². The van der Waals surface area contributed by atoms with Gasteiger partial charge in [0.15, 0.2) is 18.1 Å². The molecule has 0 aliphatic rings. The van der Waals surface area contributed by atoms with Crippen LogP contribution in [0.25, 0.3) is 6.08 Å². The van der Waals surface area contributed by atoms with E-state index in [-0.39, 0.29) is 5.69 Å². The number of hydrogen-bond donors (Lipinski definition) is 1. The fraction of sp³-hybridized carbons (Fsp3) is 0.211. The van der Waals surface area contributed by atoms with Crippen molar-refractivity contribution in [2.24, 2.45) is 0 Å². The molecule has 26 heavy (non-hydrogen) atoms. The Morgan fingerprint density at radius 1 is 1.15 bits per heavy atom. The van der Waals surface area contributed by atoms with Gasteiger partial charge in [-0.25, -0.2) is 0 Å². The number of methoxy groups -OCH3 is 1. The first-order valence-electron chi connectivity index (χ1n) is 7.74. The SMILES string of the molecule is C/C=C/c1ccc(OCC(=O)Nc2ccccc2C(F)(F)F)c(OC)c1. The summed E-state index contributed by atoms with van der Waals surface area (Å²) in [7, 11) is 1.46. The zero-order valence-corrected chi connectivity index (χ0v) is 14.3. The first-order valence-corrected chi connectivity index (χ1v) is 7.74. The second-order valence-corrected chi connectivity index (χ2v) is 5.29. The number of amides is 1. The summed E-state index contributed by atoms with van der Waals surface area (Å²) in [4.78, 5) is 12.0. The maximum Gasteiger partial charge on any atom is 0.418 e. The third-order valence-electron chi connectivity index (χ3n) is 3.41. The summed E-state index contributed by atoms with van der Waals surface area (Å²) in [6.07, 6.45) is -0.829. The minimum absolute atomic E-state index is 0.316. The van der Waals surface area contributed by atoms with Crippen molar-refractivity contribution >= 4 is 17.7 Å². The minimum atomic E-state index is -4.56. The molecule has 0 aromatic heterocycles. The monoisotopic (exact) mass is 365 g/mol. The number of allylic oxidation sites excluding steroid dienone is 1. The highest BCUT2D eigenvalue weighted by molar-refractivity contribution is 5.92. The molecule has 0 spiro atoms. The zero-order valence-electron chi connectivity index (χ0n) is 14.3. The Balaban J connectivity index is 2.06. The van der Waals surface area contributed by atoms with Crippen molar-refractivity contribution in [3.63, 3.8) is 0 Å². The molecule has 0 unspecified atom stereocenters. The Hall–Kier alpha value is -2.96. The van der Waals surface area contributed by atoms with E-state index < -0.39 is 24.3 Å². The number of carbonyl (C=O) groups is 1. The summed E-state index contributed by atoms with van der Waals surface area (Å²) in [6, 6.07) is 9.89. The van der Waals surface area contributed by atoms with Crippen molar-refractivity contribution in [3.8, 4) is 11.5 Å². The minimum Gasteiger partial charge on any atom is -0.493 e. The van der Waals surface area contributed by atoms with Gasteiger partial charge in [-0.15, -0.1) is 0 Å². The van der Waals surface area contributed by atoms with Gasteiger partial charge < -0.3 is 14.8 Å². The van der Waals surface area contributed by atoms with Crippen molar-refractivity contribution in [1.82, 2.24) is 0 Å². The normalized spacial score (nSPS) is 11.4. The van der Waals surface area contributed by atoms with Gasteiger partial charge in [0.25, 0.3) is 5.91 Å². The van der Waals surface area contributed by atoms with E-state index in [0.29, 0.717) is 11.5 Å². The molecule has 1 N–H and O–H groups in total. The van der Waals surface area contributed by atoms with E-state index in [0.717, 1.165) is 11.6 Å². The number of carbonyl (C=O) groups excluding carboxylic acids is 1. The Kier molecular flexibility index (Phi) is 6.27. The lowest BCUT2D eigenvalue weighted by Crippen LogP contribution is -2.22. The van der Waals surface area contributed by atoms with Crippen LogP contribution in [0.4, 0.5) is 18.9 Å². The van der Waals surface area contributed by atoms with Gasteiger partial charge in [-0.1, -0.05) is 30.4 Å². The van der Waals surface area contributed by atoms with Crippen molar-refractivity contribution in [3.05, 3.63) is 59.7 Å². The lowest BCUT2D eigenvalue weighted by molar-refractivity contribution is -0.137. The van der Waals surface area contributed by atoms with Crippen LogP contribution in [0, 0.1) is 0 Å². The van der Waals surface area contributed by atoms with Gasteiger partial charge in [-0.05, 0) is 36.8 Å². The second-order valence-electron chi connectivity index (χ2n) is 5.29. The van der Waals surface area contributed by atoms with Crippen LogP contribution in [0.3, 0.4) is 0 Å². The van der Waals surface area contributed by atoms with Gasteiger partial charge in [-0.3, -0.25) is 4.79 Å². The predicted octanol–water partition coefficient (Wildman–Crippen LogP) is 4.76. The highest BCUT2D eigenvalue weighted by Crippen LogP contribution is 2.34. The summed E-state index contributed by atoms with van der Waals surface area (Å²) in [5, 5.41) is 2.22. The van der Waals surface area contributed by atoms with Crippen LogP contribution >= 0.6 is 0 Å². The van der Waals surface area contributed by atoms with E-state index >= 15 is 0 Å². The number of halogens is 3. The van der Waals surface area contributed by atoms with E-state index in [9.17, 15) is 18.0 Å². The summed E-state index contributed by atoms with van der Waals surface area (Å²) in [6.45, 7) is 1.42. The molecule has 0 aliphatic carbocycles. The Labute approximate surface area is 149 Å². The molecular formula is C19H18F3NO3. The van der Waals surface area contributed by atoms with E-state index in [4.69, 9.17) is 9.47 Å². The molecule has 2 aromatic rings. The second kappa shape index (κ2) is 8.42. The van der Waals surface area contributed by atoms with Crippen LogP contribution in [0.5, 0.6) is 11.5 Å². The van der Waals surface area contributed by atoms with Gasteiger partial charge in [0.05, 0.1) is 18.4 Å². The van der Waals surface area contributed by atoms with Crippen LogP contribution < -0.4 is 14.8 Å². The molecule has 1 amide bonds. The van der Waals surface area contributed by atoms with Crippen molar-refractivity contribution in [2.45, 2.75) is 13.1 Å². The molecular weight excluding hydrogens is 347 g/mol. The van der Waals surface area contributed by atoms with E-state index in [1.54, 1.807) is 18.2 Å².